The van der Waals surface area contributed by atoms with E-state index in [9.17, 15) is 35.4 Å². The Morgan fingerprint density at radius 3 is 2.17 bits per heavy atom. The van der Waals surface area contributed by atoms with Gasteiger partial charge in [-0.25, -0.2) is 0 Å². The van der Waals surface area contributed by atoms with Gasteiger partial charge in [0.25, 0.3) is 0 Å². The molecule has 1 saturated carbocycles. The summed E-state index contributed by atoms with van der Waals surface area (Å²) in [5, 5.41) is 64.8. The third kappa shape index (κ3) is 7.28. The van der Waals surface area contributed by atoms with Gasteiger partial charge in [0.1, 0.15) is 30.5 Å². The molecule has 1 heterocycles. The molecule has 0 spiro atoms. The standard InChI is InChI=1S/C21H42N4O11/c1-7(5-25-8(2)27)13(28)16(31)12(24)20(33-3)35-18-11(6-26)34-21(17(18)32)36-19-14(29)9(22)4-10(23)15(19)30/h7,9-21,26,28-32H,4-6,22-24H2,1-3H3,(H,25,27). The molecule has 1 aliphatic carbocycles. The first kappa shape index (κ1) is 31.2. The minimum absolute atomic E-state index is 0.0890. The third-order valence-electron chi connectivity index (χ3n) is 6.69. The monoisotopic (exact) mass is 526 g/mol. The van der Waals surface area contributed by atoms with Crippen LogP contribution in [0.3, 0.4) is 0 Å². The first-order chi connectivity index (χ1) is 16.8. The molecule has 2 rings (SSSR count). The Kier molecular flexibility index (Phi) is 11.8. The zero-order chi connectivity index (χ0) is 27.3. The number of methoxy groups -OCH3 is 1. The van der Waals surface area contributed by atoms with Gasteiger partial charge in [0.2, 0.25) is 5.91 Å². The van der Waals surface area contributed by atoms with Crippen LogP contribution in [0.1, 0.15) is 20.3 Å². The fourth-order valence-electron chi connectivity index (χ4n) is 4.34. The molecule has 0 bridgehead atoms. The molecule has 0 aromatic rings. The van der Waals surface area contributed by atoms with Crippen molar-refractivity contribution in [3.63, 3.8) is 0 Å². The summed E-state index contributed by atoms with van der Waals surface area (Å²) in [5.74, 6) is -0.868. The highest BCUT2D eigenvalue weighted by Gasteiger charge is 2.51. The lowest BCUT2D eigenvalue weighted by atomic mass is 9.84. The number of rotatable bonds is 12. The van der Waals surface area contributed by atoms with Crippen molar-refractivity contribution in [1.29, 1.82) is 0 Å². The number of carbonyl (C=O) groups excluding carboxylic acids is 1. The lowest BCUT2D eigenvalue weighted by molar-refractivity contribution is -0.242. The van der Waals surface area contributed by atoms with Crippen molar-refractivity contribution in [2.75, 3.05) is 20.3 Å². The number of nitrogens with two attached hydrogens (primary N) is 3. The molecular formula is C21H42N4O11. The van der Waals surface area contributed by atoms with Crippen LogP contribution in [0, 0.1) is 5.92 Å². The van der Waals surface area contributed by atoms with Crippen LogP contribution in [0.4, 0.5) is 0 Å². The van der Waals surface area contributed by atoms with Gasteiger partial charge in [0.15, 0.2) is 12.6 Å². The van der Waals surface area contributed by atoms with E-state index in [4.69, 9.17) is 36.1 Å². The zero-order valence-electron chi connectivity index (χ0n) is 20.7. The molecule has 0 aromatic carbocycles. The normalized spacial score (nSPS) is 39.3. The SMILES string of the molecule is COC(OC1C(CO)OC(OC2C(O)C(N)CC(N)C2O)C1O)C(N)C(O)C(O)C(C)CNC(C)=O. The second-order valence-corrected chi connectivity index (χ2v) is 9.54. The molecule has 1 saturated heterocycles. The molecule has 1 amide bonds. The zero-order valence-corrected chi connectivity index (χ0v) is 20.7. The highest BCUT2D eigenvalue weighted by molar-refractivity contribution is 5.72. The van der Waals surface area contributed by atoms with E-state index in [-0.39, 0.29) is 18.9 Å². The maximum absolute atomic E-state index is 11.1. The largest absolute Gasteiger partial charge is 0.394 e. The minimum atomic E-state index is -1.55. The number of amides is 1. The first-order valence-corrected chi connectivity index (χ1v) is 11.9. The Morgan fingerprint density at radius 1 is 1.08 bits per heavy atom. The summed E-state index contributed by atoms with van der Waals surface area (Å²) in [5.41, 5.74) is 17.8. The van der Waals surface area contributed by atoms with E-state index in [1.807, 2.05) is 0 Å². The van der Waals surface area contributed by atoms with Crippen molar-refractivity contribution in [2.24, 2.45) is 23.1 Å². The van der Waals surface area contributed by atoms with Gasteiger partial charge in [-0.1, -0.05) is 6.92 Å². The van der Waals surface area contributed by atoms with Crippen molar-refractivity contribution in [1.82, 2.24) is 5.32 Å². The van der Waals surface area contributed by atoms with Crippen molar-refractivity contribution < 1.29 is 54.4 Å². The molecule has 13 unspecified atom stereocenters. The first-order valence-electron chi connectivity index (χ1n) is 11.9. The van der Waals surface area contributed by atoms with Crippen LogP contribution in [0.2, 0.25) is 0 Å². The summed E-state index contributed by atoms with van der Waals surface area (Å²) in [4.78, 5) is 11.1. The Hall–Kier alpha value is -1.05. The lowest BCUT2D eigenvalue weighted by Gasteiger charge is -2.41. The van der Waals surface area contributed by atoms with Crippen LogP contribution in [0.5, 0.6) is 0 Å². The maximum Gasteiger partial charge on any atom is 0.216 e. The van der Waals surface area contributed by atoms with E-state index >= 15 is 0 Å². The summed E-state index contributed by atoms with van der Waals surface area (Å²) < 4.78 is 22.1. The summed E-state index contributed by atoms with van der Waals surface area (Å²) in [6, 6.07) is -2.86. The van der Waals surface area contributed by atoms with Gasteiger partial charge in [-0.2, -0.15) is 0 Å². The van der Waals surface area contributed by atoms with E-state index < -0.39 is 92.1 Å². The Labute approximate surface area is 209 Å². The van der Waals surface area contributed by atoms with Gasteiger partial charge in [0, 0.05) is 38.6 Å². The Morgan fingerprint density at radius 2 is 1.67 bits per heavy atom. The summed E-state index contributed by atoms with van der Waals surface area (Å²) in [6.45, 7) is 2.40. The van der Waals surface area contributed by atoms with Gasteiger partial charge >= 0.3 is 0 Å². The van der Waals surface area contributed by atoms with Gasteiger partial charge in [-0.15, -0.1) is 0 Å². The smallest absolute Gasteiger partial charge is 0.216 e. The molecule has 15 nitrogen and oxygen atoms in total. The molecular weight excluding hydrogens is 484 g/mol. The highest BCUT2D eigenvalue weighted by atomic mass is 16.7. The number of aliphatic hydroxyl groups excluding tert-OH is 6. The minimum Gasteiger partial charge on any atom is -0.394 e. The summed E-state index contributed by atoms with van der Waals surface area (Å²) in [7, 11) is 1.23. The van der Waals surface area contributed by atoms with Crippen LogP contribution < -0.4 is 22.5 Å². The van der Waals surface area contributed by atoms with Gasteiger partial charge in [0.05, 0.1) is 31.0 Å². The van der Waals surface area contributed by atoms with Crippen LogP contribution in [-0.4, -0.2) is 136 Å². The second-order valence-electron chi connectivity index (χ2n) is 9.54. The topological polar surface area (TPSA) is 265 Å². The van der Waals surface area contributed by atoms with Crippen LogP contribution in [0.15, 0.2) is 0 Å². The molecule has 2 fully saturated rings. The maximum atomic E-state index is 11.1. The van der Waals surface area contributed by atoms with E-state index in [2.05, 4.69) is 5.32 Å². The second kappa shape index (κ2) is 13.7. The molecule has 0 aromatic heterocycles. The van der Waals surface area contributed by atoms with Crippen molar-refractivity contribution in [3.8, 4) is 0 Å². The lowest BCUT2D eigenvalue weighted by Crippen LogP contribution is -2.63. The molecule has 1 aliphatic heterocycles. The Bertz CT molecular complexity index is 680. The average Bonchev–Trinajstić information content (AvgIpc) is 3.14. The third-order valence-corrected chi connectivity index (χ3v) is 6.69. The number of hydrogen-bond donors (Lipinski definition) is 10. The molecule has 0 radical (unpaired) electrons. The predicted molar refractivity (Wildman–Crippen MR) is 123 cm³/mol. The van der Waals surface area contributed by atoms with E-state index in [1.54, 1.807) is 6.92 Å². The van der Waals surface area contributed by atoms with Crippen molar-refractivity contribution in [3.05, 3.63) is 0 Å². The Balaban J connectivity index is 2.07. The fraction of sp³-hybridized carbons (Fsp3) is 0.952. The van der Waals surface area contributed by atoms with Crippen LogP contribution in [0.25, 0.3) is 0 Å². The molecule has 36 heavy (non-hydrogen) atoms. The molecule has 2 aliphatic rings. The van der Waals surface area contributed by atoms with Crippen LogP contribution in [-0.2, 0) is 23.7 Å². The number of nitrogens with one attached hydrogen (secondary N) is 1. The number of carbonyl (C=O) groups is 1. The molecule has 13 N–H and O–H groups in total. The van der Waals surface area contributed by atoms with Gasteiger partial charge in [-0.05, 0) is 6.42 Å². The molecule has 15 heteroatoms. The van der Waals surface area contributed by atoms with Gasteiger partial charge < -0.3 is 72.1 Å². The average molecular weight is 527 g/mol. The predicted octanol–water partition coefficient (Wildman–Crippen LogP) is -5.59. The highest BCUT2D eigenvalue weighted by Crippen LogP contribution is 2.31. The van der Waals surface area contributed by atoms with E-state index in [1.165, 1.54) is 14.0 Å². The molecule has 13 atom stereocenters. The number of aliphatic hydroxyl groups is 6. The summed E-state index contributed by atoms with van der Waals surface area (Å²) >= 11 is 0. The van der Waals surface area contributed by atoms with Gasteiger partial charge in [-0.3, -0.25) is 4.79 Å². The quantitative estimate of drug-likeness (QED) is 0.106. The number of ether oxygens (including phenoxy) is 4. The summed E-state index contributed by atoms with van der Waals surface area (Å²) in [6.07, 6.45) is -13.4. The fourth-order valence-corrected chi connectivity index (χ4v) is 4.34. The number of hydrogen-bond acceptors (Lipinski definition) is 14. The molecule has 212 valence electrons. The van der Waals surface area contributed by atoms with Crippen LogP contribution >= 0.6 is 0 Å². The van der Waals surface area contributed by atoms with Crippen molar-refractivity contribution in [2.45, 2.75) is 99.8 Å². The van der Waals surface area contributed by atoms with E-state index in [0.29, 0.717) is 0 Å². The van der Waals surface area contributed by atoms with Crippen molar-refractivity contribution >= 4 is 5.91 Å². The van der Waals surface area contributed by atoms with E-state index in [0.717, 1.165) is 0 Å².